The average Bonchev–Trinajstić information content (AvgIpc) is 2.76. The van der Waals surface area contributed by atoms with Crippen LogP contribution in [0.3, 0.4) is 0 Å². The average molecular weight is 401 g/mol. The van der Waals surface area contributed by atoms with Gasteiger partial charge in [0.25, 0.3) is 5.91 Å². The van der Waals surface area contributed by atoms with E-state index in [9.17, 15) is 9.59 Å². The van der Waals surface area contributed by atoms with Crippen LogP contribution in [0, 0.1) is 0 Å². The Morgan fingerprint density at radius 3 is 2.10 bits per heavy atom. The molecule has 0 aromatic heterocycles. The summed E-state index contributed by atoms with van der Waals surface area (Å²) in [5.41, 5.74) is 1.68. The monoisotopic (exact) mass is 401 g/mol. The molecule has 2 aromatic carbocycles. The second-order valence-corrected chi connectivity index (χ2v) is 6.28. The molecule has 2 rings (SSSR count). The summed E-state index contributed by atoms with van der Waals surface area (Å²) in [5.74, 6) is 1.22. The van der Waals surface area contributed by atoms with Crippen molar-refractivity contribution in [3.8, 4) is 17.2 Å². The Morgan fingerprint density at radius 1 is 0.862 bits per heavy atom. The normalized spacial score (nSPS) is 10.2. The van der Waals surface area contributed by atoms with Crippen LogP contribution in [-0.4, -0.2) is 51.3 Å². The molecule has 0 heterocycles. The van der Waals surface area contributed by atoms with Crippen LogP contribution < -0.4 is 14.2 Å². The second-order valence-electron chi connectivity index (χ2n) is 6.28. The van der Waals surface area contributed by atoms with Gasteiger partial charge in [-0.25, -0.2) is 0 Å². The quantitative estimate of drug-likeness (QED) is 0.570. The number of methoxy groups -OCH3 is 3. The van der Waals surface area contributed by atoms with Gasteiger partial charge in [0, 0.05) is 13.1 Å². The predicted octanol–water partition coefficient (Wildman–Crippen LogP) is 2.85. The van der Waals surface area contributed by atoms with Crippen molar-refractivity contribution in [2.24, 2.45) is 0 Å². The van der Waals surface area contributed by atoms with Gasteiger partial charge in [-0.3, -0.25) is 9.59 Å². The third kappa shape index (κ3) is 6.41. The molecule has 0 aliphatic carbocycles. The number of hydrogen-bond acceptors (Lipinski definition) is 6. The van der Waals surface area contributed by atoms with Crippen LogP contribution in [-0.2, 0) is 27.3 Å². The molecule has 0 spiro atoms. The fourth-order valence-corrected chi connectivity index (χ4v) is 2.77. The molecule has 0 unspecified atom stereocenters. The van der Waals surface area contributed by atoms with Crippen molar-refractivity contribution in [2.75, 3.05) is 34.5 Å². The zero-order valence-corrected chi connectivity index (χ0v) is 17.3. The van der Waals surface area contributed by atoms with E-state index in [1.54, 1.807) is 56.6 Å². The summed E-state index contributed by atoms with van der Waals surface area (Å²) < 4.78 is 20.8. The fraction of sp³-hybridized carbons (Fsp3) is 0.364. The summed E-state index contributed by atoms with van der Waals surface area (Å²) in [6.07, 6.45) is 0.0963. The van der Waals surface area contributed by atoms with E-state index in [2.05, 4.69) is 0 Å². The number of likely N-dealkylation sites (N-methyl/N-ethyl adjacent to an activating group) is 1. The van der Waals surface area contributed by atoms with Crippen molar-refractivity contribution in [3.05, 3.63) is 53.6 Å². The summed E-state index contributed by atoms with van der Waals surface area (Å²) in [4.78, 5) is 26.1. The molecule has 1 amide bonds. The number of rotatable bonds is 10. The van der Waals surface area contributed by atoms with E-state index in [-0.39, 0.29) is 18.9 Å². The van der Waals surface area contributed by atoms with E-state index < -0.39 is 5.97 Å². The lowest BCUT2D eigenvalue weighted by Gasteiger charge is -2.21. The second kappa shape index (κ2) is 10.9. The largest absolute Gasteiger partial charge is 0.497 e. The number of ether oxygens (including phenoxy) is 4. The van der Waals surface area contributed by atoms with E-state index in [1.807, 2.05) is 19.1 Å². The number of nitrogens with zero attached hydrogens (tertiary/aromatic N) is 1. The Bertz CT molecular complexity index is 819. The molecule has 2 aromatic rings. The van der Waals surface area contributed by atoms with Crippen LogP contribution in [0.25, 0.3) is 0 Å². The maximum atomic E-state index is 12.5. The smallest absolute Gasteiger partial charge is 0.310 e. The summed E-state index contributed by atoms with van der Waals surface area (Å²) in [6.45, 7) is 2.45. The molecule has 0 radical (unpaired) electrons. The standard InChI is InChI=1S/C22H27NO6/c1-5-23(14-17-8-11-19(27-3)20(12-17)28-4)21(24)15-29-22(25)13-16-6-9-18(26-2)10-7-16/h6-12H,5,13-15H2,1-4H3. The molecule has 0 atom stereocenters. The molecule has 0 N–H and O–H groups in total. The first-order valence-electron chi connectivity index (χ1n) is 9.27. The van der Waals surface area contributed by atoms with E-state index in [0.717, 1.165) is 11.1 Å². The van der Waals surface area contributed by atoms with Gasteiger partial charge in [-0.2, -0.15) is 0 Å². The zero-order chi connectivity index (χ0) is 21.2. The van der Waals surface area contributed by atoms with E-state index in [1.165, 1.54) is 0 Å². The molecule has 7 heteroatoms. The van der Waals surface area contributed by atoms with Crippen molar-refractivity contribution in [1.29, 1.82) is 0 Å². The van der Waals surface area contributed by atoms with Gasteiger partial charge in [0.05, 0.1) is 27.8 Å². The number of esters is 1. The number of benzene rings is 2. The number of carbonyl (C=O) groups excluding carboxylic acids is 2. The van der Waals surface area contributed by atoms with Crippen LogP contribution in [0.2, 0.25) is 0 Å². The number of carbonyl (C=O) groups is 2. The van der Waals surface area contributed by atoms with Crippen LogP contribution in [0.5, 0.6) is 17.2 Å². The minimum absolute atomic E-state index is 0.0963. The van der Waals surface area contributed by atoms with Gasteiger partial charge in [0.1, 0.15) is 5.75 Å². The number of hydrogen-bond donors (Lipinski definition) is 0. The van der Waals surface area contributed by atoms with E-state index >= 15 is 0 Å². The summed E-state index contributed by atoms with van der Waals surface area (Å²) in [6, 6.07) is 12.6. The predicted molar refractivity (Wildman–Crippen MR) is 108 cm³/mol. The van der Waals surface area contributed by atoms with E-state index in [4.69, 9.17) is 18.9 Å². The Labute approximate surface area is 171 Å². The van der Waals surface area contributed by atoms with Crippen molar-refractivity contribution in [3.63, 3.8) is 0 Å². The van der Waals surface area contributed by atoms with Gasteiger partial charge in [-0.1, -0.05) is 18.2 Å². The SMILES string of the molecule is CCN(Cc1ccc(OC)c(OC)c1)C(=O)COC(=O)Cc1ccc(OC)cc1. The molecule has 0 saturated heterocycles. The molecule has 0 saturated carbocycles. The summed E-state index contributed by atoms with van der Waals surface area (Å²) in [5, 5.41) is 0. The summed E-state index contributed by atoms with van der Waals surface area (Å²) in [7, 11) is 4.71. The van der Waals surface area contributed by atoms with Crippen molar-refractivity contribution in [1.82, 2.24) is 4.90 Å². The molecule has 0 fully saturated rings. The Kier molecular flexibility index (Phi) is 8.33. The van der Waals surface area contributed by atoms with Crippen LogP contribution in [0.1, 0.15) is 18.1 Å². The molecular weight excluding hydrogens is 374 g/mol. The zero-order valence-electron chi connectivity index (χ0n) is 17.3. The first-order chi connectivity index (χ1) is 14.0. The van der Waals surface area contributed by atoms with Crippen LogP contribution in [0.15, 0.2) is 42.5 Å². The lowest BCUT2D eigenvalue weighted by atomic mass is 10.1. The first kappa shape index (κ1) is 22.1. The van der Waals surface area contributed by atoms with Crippen LogP contribution in [0.4, 0.5) is 0 Å². The van der Waals surface area contributed by atoms with Crippen LogP contribution >= 0.6 is 0 Å². The third-order valence-electron chi connectivity index (χ3n) is 4.42. The molecule has 7 nitrogen and oxygen atoms in total. The highest BCUT2D eigenvalue weighted by molar-refractivity contribution is 5.81. The van der Waals surface area contributed by atoms with Gasteiger partial charge in [-0.15, -0.1) is 0 Å². The topological polar surface area (TPSA) is 74.3 Å². The Balaban J connectivity index is 1.89. The highest BCUT2D eigenvalue weighted by Gasteiger charge is 2.16. The fourth-order valence-electron chi connectivity index (χ4n) is 2.77. The maximum absolute atomic E-state index is 12.5. The number of amides is 1. The Hall–Kier alpha value is -3.22. The first-order valence-corrected chi connectivity index (χ1v) is 9.27. The molecular formula is C22H27NO6. The van der Waals surface area contributed by atoms with E-state index in [0.29, 0.717) is 30.3 Å². The maximum Gasteiger partial charge on any atom is 0.310 e. The van der Waals surface area contributed by atoms with Crippen molar-refractivity contribution in [2.45, 2.75) is 19.9 Å². The molecule has 156 valence electrons. The van der Waals surface area contributed by atoms with Crippen molar-refractivity contribution >= 4 is 11.9 Å². The minimum atomic E-state index is -0.453. The molecule has 0 aliphatic heterocycles. The molecule has 0 bridgehead atoms. The molecule has 0 aliphatic rings. The summed E-state index contributed by atoms with van der Waals surface area (Å²) >= 11 is 0. The highest BCUT2D eigenvalue weighted by Crippen LogP contribution is 2.28. The minimum Gasteiger partial charge on any atom is -0.497 e. The highest BCUT2D eigenvalue weighted by atomic mass is 16.5. The van der Waals surface area contributed by atoms with Gasteiger partial charge in [0.15, 0.2) is 18.1 Å². The third-order valence-corrected chi connectivity index (χ3v) is 4.42. The van der Waals surface area contributed by atoms with Crippen molar-refractivity contribution < 1.29 is 28.5 Å². The van der Waals surface area contributed by atoms with Gasteiger partial charge in [0.2, 0.25) is 0 Å². The Morgan fingerprint density at radius 2 is 1.52 bits per heavy atom. The van der Waals surface area contributed by atoms with Gasteiger partial charge >= 0.3 is 5.97 Å². The van der Waals surface area contributed by atoms with Gasteiger partial charge < -0.3 is 23.8 Å². The van der Waals surface area contributed by atoms with Gasteiger partial charge in [-0.05, 0) is 42.3 Å². The lowest BCUT2D eigenvalue weighted by molar-refractivity contribution is -0.151. The molecule has 29 heavy (non-hydrogen) atoms. The lowest BCUT2D eigenvalue weighted by Crippen LogP contribution is -2.34.